The number of nitrogens with zero attached hydrogens (tertiary/aromatic N) is 2. The Hall–Kier alpha value is -0.910. The first-order valence-electron chi connectivity index (χ1n) is 4.57. The van der Waals surface area contributed by atoms with Gasteiger partial charge in [-0.25, -0.2) is 4.99 Å². The molecule has 0 aliphatic heterocycles. The number of hydrogen-bond donors (Lipinski definition) is 3. The van der Waals surface area contributed by atoms with E-state index in [0.717, 1.165) is 17.9 Å². The smallest absolute Gasteiger partial charge is 0.218 e. The molecule has 0 rings (SSSR count). The van der Waals surface area contributed by atoms with Crippen molar-refractivity contribution >= 4 is 23.7 Å². The summed E-state index contributed by atoms with van der Waals surface area (Å²) in [5, 5.41) is 0. The van der Waals surface area contributed by atoms with Crippen LogP contribution in [0.4, 0.5) is 0 Å². The standard InChI is InChI=1S/C8H19N5S/c1-3-14-5-4-6(2)12-8(11)13-7(9)10/h6H,3-5H2,1-2H3,(H6,9,10,11,12,13). The van der Waals surface area contributed by atoms with E-state index >= 15 is 0 Å². The van der Waals surface area contributed by atoms with Crippen molar-refractivity contribution in [3.8, 4) is 0 Å². The van der Waals surface area contributed by atoms with Crippen LogP contribution >= 0.6 is 11.8 Å². The molecule has 0 aromatic carbocycles. The van der Waals surface area contributed by atoms with E-state index in [-0.39, 0.29) is 18.0 Å². The largest absolute Gasteiger partial charge is 0.370 e. The Balaban J connectivity index is 3.89. The van der Waals surface area contributed by atoms with Crippen LogP contribution in [0.5, 0.6) is 0 Å². The van der Waals surface area contributed by atoms with E-state index in [9.17, 15) is 0 Å². The second kappa shape index (κ2) is 7.49. The third-order valence-corrected chi connectivity index (χ3v) is 2.41. The lowest BCUT2D eigenvalue weighted by molar-refractivity contribution is 0.721. The maximum absolute atomic E-state index is 5.48. The van der Waals surface area contributed by atoms with Gasteiger partial charge in [-0.15, -0.1) is 0 Å². The maximum Gasteiger partial charge on any atom is 0.218 e. The summed E-state index contributed by atoms with van der Waals surface area (Å²) in [5.74, 6) is 2.30. The minimum Gasteiger partial charge on any atom is -0.370 e. The van der Waals surface area contributed by atoms with E-state index < -0.39 is 0 Å². The van der Waals surface area contributed by atoms with E-state index in [4.69, 9.17) is 17.2 Å². The molecule has 14 heavy (non-hydrogen) atoms. The Morgan fingerprint density at radius 1 is 1.36 bits per heavy atom. The number of aliphatic imine (C=N–C) groups is 2. The van der Waals surface area contributed by atoms with Gasteiger partial charge in [-0.2, -0.15) is 16.8 Å². The Morgan fingerprint density at radius 3 is 2.50 bits per heavy atom. The van der Waals surface area contributed by atoms with Crippen molar-refractivity contribution in [3.05, 3.63) is 0 Å². The molecule has 0 spiro atoms. The molecule has 0 saturated heterocycles. The average molecular weight is 217 g/mol. The quantitative estimate of drug-likeness (QED) is 0.345. The van der Waals surface area contributed by atoms with Crippen LogP contribution < -0.4 is 17.2 Å². The number of guanidine groups is 2. The zero-order valence-corrected chi connectivity index (χ0v) is 9.55. The Labute approximate surface area is 89.2 Å². The molecule has 0 aliphatic rings. The Morgan fingerprint density at radius 2 is 2.00 bits per heavy atom. The van der Waals surface area contributed by atoms with Crippen LogP contribution in [0, 0.1) is 0 Å². The fourth-order valence-corrected chi connectivity index (χ4v) is 1.65. The van der Waals surface area contributed by atoms with Crippen molar-refractivity contribution in [2.24, 2.45) is 27.2 Å². The predicted molar refractivity (Wildman–Crippen MR) is 64.5 cm³/mol. The molecule has 1 atom stereocenters. The summed E-state index contributed by atoms with van der Waals surface area (Å²) in [5.41, 5.74) is 15.8. The molecule has 1 unspecified atom stereocenters. The van der Waals surface area contributed by atoms with Gasteiger partial charge in [-0.05, 0) is 24.9 Å². The summed E-state index contributed by atoms with van der Waals surface area (Å²) in [7, 11) is 0. The summed E-state index contributed by atoms with van der Waals surface area (Å²) in [6, 6.07) is 0.164. The van der Waals surface area contributed by atoms with Crippen molar-refractivity contribution in [2.75, 3.05) is 11.5 Å². The Kier molecular flexibility index (Phi) is 7.00. The lowest BCUT2D eigenvalue weighted by Crippen LogP contribution is -2.27. The topological polar surface area (TPSA) is 103 Å². The van der Waals surface area contributed by atoms with Crippen molar-refractivity contribution in [3.63, 3.8) is 0 Å². The molecule has 0 fully saturated rings. The van der Waals surface area contributed by atoms with Crippen molar-refractivity contribution in [1.29, 1.82) is 0 Å². The molecule has 6 N–H and O–H groups in total. The molecule has 0 amide bonds. The summed E-state index contributed by atoms with van der Waals surface area (Å²) < 4.78 is 0. The van der Waals surface area contributed by atoms with Crippen LogP contribution in [-0.2, 0) is 0 Å². The zero-order chi connectivity index (χ0) is 11.0. The molecule has 0 heterocycles. The van der Waals surface area contributed by atoms with Crippen molar-refractivity contribution < 1.29 is 0 Å². The third kappa shape index (κ3) is 7.72. The van der Waals surface area contributed by atoms with Crippen LogP contribution in [0.15, 0.2) is 9.98 Å². The highest BCUT2D eigenvalue weighted by Crippen LogP contribution is 2.06. The summed E-state index contributed by atoms with van der Waals surface area (Å²) >= 11 is 1.88. The van der Waals surface area contributed by atoms with Crippen LogP contribution in [-0.4, -0.2) is 29.5 Å². The molecular weight excluding hydrogens is 198 g/mol. The lowest BCUT2D eigenvalue weighted by atomic mass is 10.3. The summed E-state index contributed by atoms with van der Waals surface area (Å²) in [6.45, 7) is 4.12. The fourth-order valence-electron chi connectivity index (χ4n) is 0.850. The van der Waals surface area contributed by atoms with Crippen LogP contribution in [0.25, 0.3) is 0 Å². The van der Waals surface area contributed by atoms with Gasteiger partial charge in [0.15, 0.2) is 5.96 Å². The number of hydrogen-bond acceptors (Lipinski definition) is 2. The minimum absolute atomic E-state index is 0.0543. The molecule has 5 nitrogen and oxygen atoms in total. The summed E-state index contributed by atoms with van der Waals surface area (Å²) in [6.07, 6.45) is 0.985. The maximum atomic E-state index is 5.48. The average Bonchev–Trinajstić information content (AvgIpc) is 2.02. The highest BCUT2D eigenvalue weighted by molar-refractivity contribution is 7.99. The monoisotopic (exact) mass is 217 g/mol. The van der Waals surface area contributed by atoms with E-state index in [1.165, 1.54) is 0 Å². The van der Waals surface area contributed by atoms with Crippen LogP contribution in [0.3, 0.4) is 0 Å². The predicted octanol–water partition coefficient (Wildman–Crippen LogP) is 0.106. The summed E-state index contributed by atoms with van der Waals surface area (Å²) in [4.78, 5) is 7.76. The van der Waals surface area contributed by atoms with E-state index in [1.807, 2.05) is 18.7 Å². The van der Waals surface area contributed by atoms with Gasteiger partial charge in [-0.1, -0.05) is 6.92 Å². The van der Waals surface area contributed by atoms with Crippen LogP contribution in [0.1, 0.15) is 20.3 Å². The van der Waals surface area contributed by atoms with Gasteiger partial charge >= 0.3 is 0 Å². The van der Waals surface area contributed by atoms with Crippen LogP contribution in [0.2, 0.25) is 0 Å². The molecule has 0 aliphatic carbocycles. The van der Waals surface area contributed by atoms with Crippen molar-refractivity contribution in [1.82, 2.24) is 0 Å². The molecule has 82 valence electrons. The second-order valence-electron chi connectivity index (χ2n) is 2.86. The SMILES string of the molecule is CCSCCC(C)N=C(N)N=C(N)N. The Bertz CT molecular complexity index is 210. The fraction of sp³-hybridized carbons (Fsp3) is 0.750. The first-order chi connectivity index (χ1) is 6.56. The highest BCUT2D eigenvalue weighted by atomic mass is 32.2. The van der Waals surface area contributed by atoms with Gasteiger partial charge < -0.3 is 17.2 Å². The van der Waals surface area contributed by atoms with Gasteiger partial charge in [0, 0.05) is 0 Å². The third-order valence-electron chi connectivity index (χ3n) is 1.48. The molecule has 6 heteroatoms. The van der Waals surface area contributed by atoms with Gasteiger partial charge in [0.25, 0.3) is 0 Å². The molecule has 0 aromatic rings. The number of nitrogens with two attached hydrogens (primary N) is 3. The number of thioether (sulfide) groups is 1. The molecular formula is C8H19N5S. The van der Waals surface area contributed by atoms with Crippen molar-refractivity contribution in [2.45, 2.75) is 26.3 Å². The van der Waals surface area contributed by atoms with Gasteiger partial charge in [-0.3, -0.25) is 0 Å². The molecule has 0 aromatic heterocycles. The second-order valence-corrected chi connectivity index (χ2v) is 4.25. The highest BCUT2D eigenvalue weighted by Gasteiger charge is 1.99. The van der Waals surface area contributed by atoms with E-state index in [2.05, 4.69) is 16.9 Å². The lowest BCUT2D eigenvalue weighted by Gasteiger charge is -2.05. The van der Waals surface area contributed by atoms with Gasteiger partial charge in [0.1, 0.15) is 0 Å². The van der Waals surface area contributed by atoms with E-state index in [0.29, 0.717) is 0 Å². The van der Waals surface area contributed by atoms with Gasteiger partial charge in [0.2, 0.25) is 5.96 Å². The molecule has 0 bridgehead atoms. The first kappa shape index (κ1) is 13.1. The first-order valence-corrected chi connectivity index (χ1v) is 5.72. The van der Waals surface area contributed by atoms with Gasteiger partial charge in [0.05, 0.1) is 6.04 Å². The minimum atomic E-state index is -0.0543. The van der Waals surface area contributed by atoms with E-state index in [1.54, 1.807) is 0 Å². The number of rotatable bonds is 5. The molecule has 0 saturated carbocycles. The molecule has 0 radical (unpaired) electrons. The normalized spacial score (nSPS) is 13.7. The zero-order valence-electron chi connectivity index (χ0n) is 8.73.